The van der Waals surface area contributed by atoms with E-state index in [1.807, 2.05) is 13.8 Å². The Morgan fingerprint density at radius 2 is 1.93 bits per heavy atom. The number of carbonyl (C=O) groups is 2. The van der Waals surface area contributed by atoms with E-state index in [0.29, 0.717) is 13.2 Å². The van der Waals surface area contributed by atoms with Crippen LogP contribution < -0.4 is 0 Å². The highest BCUT2D eigenvalue weighted by Crippen LogP contribution is 1.96. The number of Topliss-reactive ketones (excluding diaryl/α,β-unsaturated/α-hetero) is 1. The van der Waals surface area contributed by atoms with Gasteiger partial charge >= 0.3 is 5.97 Å². The second kappa shape index (κ2) is 7.50. The van der Waals surface area contributed by atoms with E-state index in [9.17, 15) is 9.59 Å². The van der Waals surface area contributed by atoms with Crippen LogP contribution in [0.15, 0.2) is 0 Å². The van der Waals surface area contributed by atoms with Crippen molar-refractivity contribution in [3.63, 3.8) is 0 Å². The van der Waals surface area contributed by atoms with Crippen LogP contribution in [-0.4, -0.2) is 31.1 Å². The maximum atomic E-state index is 11.1. The van der Waals surface area contributed by atoms with Gasteiger partial charge in [-0.2, -0.15) is 0 Å². The highest BCUT2D eigenvalue weighted by molar-refractivity contribution is 5.95. The zero-order valence-corrected chi connectivity index (χ0v) is 9.04. The minimum Gasteiger partial charge on any atom is -0.466 e. The Bertz CT molecular complexity index is 187. The van der Waals surface area contributed by atoms with Crippen LogP contribution in [-0.2, 0) is 19.1 Å². The lowest BCUT2D eigenvalue weighted by Crippen LogP contribution is -2.14. The maximum Gasteiger partial charge on any atom is 0.313 e. The van der Waals surface area contributed by atoms with Crippen LogP contribution in [0.2, 0.25) is 0 Å². The Morgan fingerprint density at radius 3 is 2.43 bits per heavy atom. The summed E-state index contributed by atoms with van der Waals surface area (Å²) in [4.78, 5) is 22.0. The van der Waals surface area contributed by atoms with E-state index < -0.39 is 5.97 Å². The third-order valence-corrected chi connectivity index (χ3v) is 1.48. The molecule has 0 rings (SSSR count). The standard InChI is InChI=1S/C10H18O4/c1-4-13-10(12)7-9(11)5-6-14-8(2)3/h8H,4-7H2,1-3H3. The Kier molecular flexibility index (Phi) is 7.02. The number of hydrogen-bond donors (Lipinski definition) is 0. The maximum absolute atomic E-state index is 11.1. The fourth-order valence-electron chi connectivity index (χ4n) is 0.870. The Hall–Kier alpha value is -0.900. The van der Waals surface area contributed by atoms with Crippen LogP contribution in [0.4, 0.5) is 0 Å². The number of rotatable bonds is 7. The van der Waals surface area contributed by atoms with Gasteiger partial charge in [-0.05, 0) is 20.8 Å². The average Bonchev–Trinajstić information content (AvgIpc) is 2.03. The predicted octanol–water partition coefficient (Wildman–Crippen LogP) is 1.32. The topological polar surface area (TPSA) is 52.6 Å². The third kappa shape index (κ3) is 7.73. The van der Waals surface area contributed by atoms with Crippen molar-refractivity contribution in [3.8, 4) is 0 Å². The van der Waals surface area contributed by atoms with Gasteiger partial charge in [-0.1, -0.05) is 0 Å². The Balaban J connectivity index is 3.50. The second-order valence-electron chi connectivity index (χ2n) is 3.19. The molecule has 0 amide bonds. The molecule has 0 spiro atoms. The van der Waals surface area contributed by atoms with Crippen molar-refractivity contribution < 1.29 is 19.1 Å². The number of carbonyl (C=O) groups excluding carboxylic acids is 2. The lowest BCUT2D eigenvalue weighted by atomic mass is 10.2. The molecule has 4 nitrogen and oxygen atoms in total. The van der Waals surface area contributed by atoms with E-state index in [0.717, 1.165) is 0 Å². The smallest absolute Gasteiger partial charge is 0.313 e. The molecule has 0 bridgehead atoms. The van der Waals surface area contributed by atoms with Crippen molar-refractivity contribution in [3.05, 3.63) is 0 Å². The normalized spacial score (nSPS) is 10.3. The van der Waals surface area contributed by atoms with Gasteiger partial charge in [0.25, 0.3) is 0 Å². The second-order valence-corrected chi connectivity index (χ2v) is 3.19. The molecule has 0 aliphatic carbocycles. The fraction of sp³-hybridized carbons (Fsp3) is 0.800. The van der Waals surface area contributed by atoms with E-state index in [1.54, 1.807) is 6.92 Å². The molecule has 4 heteroatoms. The first-order valence-electron chi connectivity index (χ1n) is 4.85. The zero-order valence-electron chi connectivity index (χ0n) is 9.04. The predicted molar refractivity (Wildman–Crippen MR) is 52.0 cm³/mol. The summed E-state index contributed by atoms with van der Waals surface area (Å²) in [6.07, 6.45) is 0.247. The molecular weight excluding hydrogens is 184 g/mol. The van der Waals surface area contributed by atoms with Crippen molar-refractivity contribution in [1.29, 1.82) is 0 Å². The molecule has 0 heterocycles. The van der Waals surface area contributed by atoms with Crippen LogP contribution in [0.5, 0.6) is 0 Å². The van der Waals surface area contributed by atoms with Gasteiger partial charge in [0.2, 0.25) is 0 Å². The van der Waals surface area contributed by atoms with Gasteiger partial charge in [-0.3, -0.25) is 9.59 Å². The van der Waals surface area contributed by atoms with E-state index in [2.05, 4.69) is 4.74 Å². The van der Waals surface area contributed by atoms with Crippen LogP contribution in [0.1, 0.15) is 33.6 Å². The molecule has 0 unspecified atom stereocenters. The summed E-state index contributed by atoms with van der Waals surface area (Å²) in [5.74, 6) is -0.592. The van der Waals surface area contributed by atoms with Crippen molar-refractivity contribution in [2.75, 3.05) is 13.2 Å². The minimum atomic E-state index is -0.456. The van der Waals surface area contributed by atoms with Gasteiger partial charge in [-0.25, -0.2) is 0 Å². The van der Waals surface area contributed by atoms with Crippen molar-refractivity contribution in [2.45, 2.75) is 39.7 Å². The molecule has 0 N–H and O–H groups in total. The molecule has 0 radical (unpaired) electrons. The zero-order chi connectivity index (χ0) is 11.0. The number of ether oxygens (including phenoxy) is 2. The Morgan fingerprint density at radius 1 is 1.29 bits per heavy atom. The minimum absolute atomic E-state index is 0.116. The molecule has 14 heavy (non-hydrogen) atoms. The fourth-order valence-corrected chi connectivity index (χ4v) is 0.870. The van der Waals surface area contributed by atoms with Gasteiger partial charge in [-0.15, -0.1) is 0 Å². The van der Waals surface area contributed by atoms with Gasteiger partial charge in [0.1, 0.15) is 12.2 Å². The molecule has 0 aliphatic heterocycles. The van der Waals surface area contributed by atoms with Gasteiger partial charge in [0.15, 0.2) is 0 Å². The molecule has 82 valence electrons. The molecule has 0 saturated heterocycles. The summed E-state index contributed by atoms with van der Waals surface area (Å²) in [7, 11) is 0. The monoisotopic (exact) mass is 202 g/mol. The summed E-state index contributed by atoms with van der Waals surface area (Å²) < 4.78 is 9.82. The lowest BCUT2D eigenvalue weighted by Gasteiger charge is -2.06. The quantitative estimate of drug-likeness (QED) is 0.461. The lowest BCUT2D eigenvalue weighted by molar-refractivity contribution is -0.145. The molecule has 0 aromatic carbocycles. The van der Waals surface area contributed by atoms with E-state index in [4.69, 9.17) is 4.74 Å². The summed E-state index contributed by atoms with van der Waals surface area (Å²) in [6, 6.07) is 0. The number of esters is 1. The molecule has 0 fully saturated rings. The molecule has 0 aromatic heterocycles. The van der Waals surface area contributed by atoms with Crippen LogP contribution >= 0.6 is 0 Å². The third-order valence-electron chi connectivity index (χ3n) is 1.48. The largest absolute Gasteiger partial charge is 0.466 e. The first-order valence-corrected chi connectivity index (χ1v) is 4.85. The molecular formula is C10H18O4. The summed E-state index contributed by atoms with van der Waals surface area (Å²) in [5.41, 5.74) is 0. The SMILES string of the molecule is CCOC(=O)CC(=O)CCOC(C)C. The molecule has 0 saturated carbocycles. The van der Waals surface area contributed by atoms with Crippen LogP contribution in [0.25, 0.3) is 0 Å². The average molecular weight is 202 g/mol. The molecule has 0 aromatic rings. The van der Waals surface area contributed by atoms with Crippen molar-refractivity contribution >= 4 is 11.8 Å². The van der Waals surface area contributed by atoms with Crippen LogP contribution in [0.3, 0.4) is 0 Å². The van der Waals surface area contributed by atoms with Crippen molar-refractivity contribution in [2.24, 2.45) is 0 Å². The summed E-state index contributed by atoms with van der Waals surface area (Å²) in [5, 5.41) is 0. The highest BCUT2D eigenvalue weighted by Gasteiger charge is 2.09. The highest BCUT2D eigenvalue weighted by atomic mass is 16.5. The van der Waals surface area contributed by atoms with Gasteiger partial charge in [0.05, 0.1) is 19.3 Å². The van der Waals surface area contributed by atoms with E-state index in [-0.39, 0.29) is 24.7 Å². The molecule has 0 atom stereocenters. The first-order chi connectivity index (χ1) is 6.56. The van der Waals surface area contributed by atoms with Gasteiger partial charge in [0, 0.05) is 6.42 Å². The van der Waals surface area contributed by atoms with E-state index >= 15 is 0 Å². The number of hydrogen-bond acceptors (Lipinski definition) is 4. The number of ketones is 1. The van der Waals surface area contributed by atoms with Gasteiger partial charge < -0.3 is 9.47 Å². The summed E-state index contributed by atoms with van der Waals surface area (Å²) in [6.45, 7) is 6.19. The van der Waals surface area contributed by atoms with E-state index in [1.165, 1.54) is 0 Å². The van der Waals surface area contributed by atoms with Crippen LogP contribution in [0, 0.1) is 0 Å². The van der Waals surface area contributed by atoms with Crippen molar-refractivity contribution in [1.82, 2.24) is 0 Å². The first kappa shape index (κ1) is 13.1. The Labute approximate surface area is 84.6 Å². The molecule has 0 aliphatic rings. The summed E-state index contributed by atoms with van der Waals surface area (Å²) >= 11 is 0.